The zero-order valence-electron chi connectivity index (χ0n) is 15.1. The fraction of sp³-hybridized carbons (Fsp3) is 0.350. The van der Waals surface area contributed by atoms with Crippen molar-refractivity contribution in [2.24, 2.45) is 5.73 Å². The number of rotatable bonds is 2. The van der Waals surface area contributed by atoms with Gasteiger partial charge >= 0.3 is 0 Å². The standard InChI is InChI=1S/C20H22N4O3/c1-12-19(25)23-17-9-13(5-7-18(17)27-12)16-6-4-14(10-22-16)20(26)24-8-2-3-15(21)11-24/h4-7,9-10,12,15H,2-3,8,11,21H2,1H3,(H,23,25). The van der Waals surface area contributed by atoms with E-state index >= 15 is 0 Å². The van der Waals surface area contributed by atoms with Gasteiger partial charge in [0.25, 0.3) is 11.8 Å². The van der Waals surface area contributed by atoms with E-state index in [2.05, 4.69) is 10.3 Å². The number of piperidine rings is 1. The van der Waals surface area contributed by atoms with Gasteiger partial charge in [-0.15, -0.1) is 0 Å². The molecule has 0 aliphatic carbocycles. The molecule has 27 heavy (non-hydrogen) atoms. The summed E-state index contributed by atoms with van der Waals surface area (Å²) in [5.41, 5.74) is 8.70. The van der Waals surface area contributed by atoms with Crippen molar-refractivity contribution >= 4 is 17.5 Å². The predicted molar refractivity (Wildman–Crippen MR) is 102 cm³/mol. The summed E-state index contributed by atoms with van der Waals surface area (Å²) in [7, 11) is 0. The average Bonchev–Trinajstić information content (AvgIpc) is 2.68. The highest BCUT2D eigenvalue weighted by Crippen LogP contribution is 2.33. The summed E-state index contributed by atoms with van der Waals surface area (Å²) >= 11 is 0. The minimum Gasteiger partial charge on any atom is -0.479 e. The van der Waals surface area contributed by atoms with Crippen LogP contribution in [0.3, 0.4) is 0 Å². The Morgan fingerprint density at radius 1 is 1.33 bits per heavy atom. The highest BCUT2D eigenvalue weighted by molar-refractivity contribution is 5.98. The van der Waals surface area contributed by atoms with E-state index in [-0.39, 0.29) is 17.9 Å². The number of benzene rings is 1. The van der Waals surface area contributed by atoms with Gasteiger partial charge in [-0.05, 0) is 50.1 Å². The molecule has 2 unspecified atom stereocenters. The first-order valence-electron chi connectivity index (χ1n) is 9.14. The number of carbonyl (C=O) groups excluding carboxylic acids is 2. The Morgan fingerprint density at radius 2 is 2.19 bits per heavy atom. The van der Waals surface area contributed by atoms with Crippen molar-refractivity contribution in [3.05, 3.63) is 42.1 Å². The molecule has 0 bridgehead atoms. The predicted octanol–water partition coefficient (Wildman–Crippen LogP) is 2.03. The number of likely N-dealkylation sites (tertiary alicyclic amines) is 1. The first-order valence-corrected chi connectivity index (χ1v) is 9.14. The molecule has 7 heteroatoms. The smallest absolute Gasteiger partial charge is 0.265 e. The lowest BCUT2D eigenvalue weighted by Gasteiger charge is -2.30. The Bertz CT molecular complexity index is 881. The maximum absolute atomic E-state index is 12.6. The van der Waals surface area contributed by atoms with Crippen LogP contribution in [0, 0.1) is 0 Å². The first-order chi connectivity index (χ1) is 13.0. The molecule has 0 spiro atoms. The van der Waals surface area contributed by atoms with Crippen molar-refractivity contribution in [1.82, 2.24) is 9.88 Å². The van der Waals surface area contributed by atoms with Crippen molar-refractivity contribution in [3.8, 4) is 17.0 Å². The largest absolute Gasteiger partial charge is 0.479 e. The van der Waals surface area contributed by atoms with Crippen LogP contribution in [0.15, 0.2) is 36.5 Å². The van der Waals surface area contributed by atoms with E-state index in [0.717, 1.165) is 30.6 Å². The monoisotopic (exact) mass is 366 g/mol. The molecular weight excluding hydrogens is 344 g/mol. The molecule has 1 saturated heterocycles. The second kappa shape index (κ2) is 7.00. The lowest BCUT2D eigenvalue weighted by Crippen LogP contribution is -2.45. The van der Waals surface area contributed by atoms with Crippen molar-refractivity contribution in [1.29, 1.82) is 0 Å². The molecule has 2 aromatic rings. The highest BCUT2D eigenvalue weighted by Gasteiger charge is 2.24. The van der Waals surface area contributed by atoms with Crippen LogP contribution in [0.2, 0.25) is 0 Å². The van der Waals surface area contributed by atoms with E-state index in [4.69, 9.17) is 10.5 Å². The Kier molecular flexibility index (Phi) is 4.53. The lowest BCUT2D eigenvalue weighted by molar-refractivity contribution is -0.122. The minimum absolute atomic E-state index is 0.0377. The molecule has 4 rings (SSSR count). The van der Waals surface area contributed by atoms with Crippen LogP contribution < -0.4 is 15.8 Å². The molecule has 7 nitrogen and oxygen atoms in total. The number of nitrogens with zero attached hydrogens (tertiary/aromatic N) is 2. The quantitative estimate of drug-likeness (QED) is 0.848. The molecule has 2 aliphatic rings. The minimum atomic E-state index is -0.505. The summed E-state index contributed by atoms with van der Waals surface area (Å²) in [6.45, 7) is 3.03. The number of carbonyl (C=O) groups is 2. The molecule has 0 radical (unpaired) electrons. The molecule has 1 fully saturated rings. The fourth-order valence-corrected chi connectivity index (χ4v) is 3.44. The number of pyridine rings is 1. The molecule has 3 N–H and O–H groups in total. The van der Waals surface area contributed by atoms with Crippen molar-refractivity contribution in [3.63, 3.8) is 0 Å². The van der Waals surface area contributed by atoms with Gasteiger partial charge in [-0.25, -0.2) is 0 Å². The first kappa shape index (κ1) is 17.5. The van der Waals surface area contributed by atoms with Crippen molar-refractivity contribution in [2.45, 2.75) is 31.9 Å². The molecular formula is C20H22N4O3. The van der Waals surface area contributed by atoms with Gasteiger partial charge in [0.1, 0.15) is 5.75 Å². The van der Waals surface area contributed by atoms with Gasteiger partial charge < -0.3 is 20.7 Å². The molecule has 2 aliphatic heterocycles. The Balaban J connectivity index is 1.53. The number of anilines is 1. The summed E-state index contributed by atoms with van der Waals surface area (Å²) in [6, 6.07) is 9.17. The number of nitrogens with one attached hydrogen (secondary N) is 1. The summed E-state index contributed by atoms with van der Waals surface area (Å²) in [5, 5.41) is 2.83. The Labute approximate surface area is 157 Å². The molecule has 0 saturated carbocycles. The number of nitrogens with two attached hydrogens (primary N) is 1. The lowest BCUT2D eigenvalue weighted by atomic mass is 10.0. The van der Waals surface area contributed by atoms with Gasteiger partial charge in [0, 0.05) is 30.9 Å². The van der Waals surface area contributed by atoms with Gasteiger partial charge in [0.2, 0.25) is 0 Å². The SMILES string of the molecule is CC1Oc2ccc(-c3ccc(C(=O)N4CCCC(N)C4)cn3)cc2NC1=O. The topological polar surface area (TPSA) is 97.6 Å². The van der Waals surface area contributed by atoms with Crippen LogP contribution >= 0.6 is 0 Å². The molecule has 2 amide bonds. The van der Waals surface area contributed by atoms with E-state index in [1.54, 1.807) is 24.1 Å². The molecule has 1 aromatic carbocycles. The van der Waals surface area contributed by atoms with Crippen LogP contribution in [-0.4, -0.2) is 46.9 Å². The van der Waals surface area contributed by atoms with Gasteiger partial charge in [-0.2, -0.15) is 0 Å². The van der Waals surface area contributed by atoms with Crippen LogP contribution in [0.4, 0.5) is 5.69 Å². The van der Waals surface area contributed by atoms with Gasteiger partial charge in [-0.3, -0.25) is 14.6 Å². The van der Waals surface area contributed by atoms with Crippen molar-refractivity contribution in [2.75, 3.05) is 18.4 Å². The Morgan fingerprint density at radius 3 is 2.93 bits per heavy atom. The van der Waals surface area contributed by atoms with Gasteiger partial charge in [0.15, 0.2) is 6.10 Å². The number of aromatic nitrogens is 1. The summed E-state index contributed by atoms with van der Waals surface area (Å²) < 4.78 is 5.57. The second-order valence-electron chi connectivity index (χ2n) is 7.05. The third-order valence-corrected chi connectivity index (χ3v) is 4.96. The van der Waals surface area contributed by atoms with E-state index in [0.29, 0.717) is 23.5 Å². The van der Waals surface area contributed by atoms with E-state index in [1.807, 2.05) is 24.3 Å². The number of hydrogen-bond donors (Lipinski definition) is 2. The second-order valence-corrected chi connectivity index (χ2v) is 7.05. The third-order valence-electron chi connectivity index (χ3n) is 4.96. The van der Waals surface area contributed by atoms with E-state index in [1.165, 1.54) is 0 Å². The number of fused-ring (bicyclic) bond motifs is 1. The van der Waals surface area contributed by atoms with E-state index in [9.17, 15) is 9.59 Å². The van der Waals surface area contributed by atoms with Crippen LogP contribution in [0.5, 0.6) is 5.75 Å². The van der Waals surface area contributed by atoms with Gasteiger partial charge in [0.05, 0.1) is 16.9 Å². The van der Waals surface area contributed by atoms with Gasteiger partial charge in [-0.1, -0.05) is 0 Å². The molecule has 2 atom stereocenters. The summed E-state index contributed by atoms with van der Waals surface area (Å²) in [5.74, 6) is 0.427. The highest BCUT2D eigenvalue weighted by atomic mass is 16.5. The summed E-state index contributed by atoms with van der Waals surface area (Å²) in [4.78, 5) is 30.6. The maximum Gasteiger partial charge on any atom is 0.265 e. The molecule has 140 valence electrons. The van der Waals surface area contributed by atoms with Crippen molar-refractivity contribution < 1.29 is 14.3 Å². The zero-order valence-corrected chi connectivity index (χ0v) is 15.1. The zero-order chi connectivity index (χ0) is 19.0. The fourth-order valence-electron chi connectivity index (χ4n) is 3.44. The number of amides is 2. The van der Waals surface area contributed by atoms with Crippen LogP contribution in [0.25, 0.3) is 11.3 Å². The third kappa shape index (κ3) is 3.50. The van der Waals surface area contributed by atoms with Crippen LogP contribution in [0.1, 0.15) is 30.1 Å². The molecule has 3 heterocycles. The number of ether oxygens (including phenoxy) is 1. The molecule has 1 aromatic heterocycles. The Hall–Kier alpha value is -2.93. The number of hydrogen-bond acceptors (Lipinski definition) is 5. The maximum atomic E-state index is 12.6. The normalized spacial score (nSPS) is 21.9. The summed E-state index contributed by atoms with van der Waals surface area (Å²) in [6.07, 6.45) is 2.97. The van der Waals surface area contributed by atoms with Crippen LogP contribution in [-0.2, 0) is 4.79 Å². The average molecular weight is 366 g/mol. The van der Waals surface area contributed by atoms with E-state index < -0.39 is 6.10 Å².